The molecule has 1 aromatic carbocycles. The van der Waals surface area contributed by atoms with Crippen LogP contribution in [-0.4, -0.2) is 18.0 Å². The van der Waals surface area contributed by atoms with E-state index in [1.54, 1.807) is 6.07 Å². The molecule has 0 aliphatic heterocycles. The van der Waals surface area contributed by atoms with Crippen LogP contribution in [0.3, 0.4) is 0 Å². The van der Waals surface area contributed by atoms with Gasteiger partial charge in [0.25, 0.3) is 5.69 Å². The van der Waals surface area contributed by atoms with E-state index in [4.69, 9.17) is 11.0 Å². The predicted molar refractivity (Wildman–Crippen MR) is 70.2 cm³/mol. The van der Waals surface area contributed by atoms with Gasteiger partial charge < -0.3 is 10.6 Å². The van der Waals surface area contributed by atoms with Crippen molar-refractivity contribution in [3.8, 4) is 6.07 Å². The molecule has 0 heterocycles. The topological polar surface area (TPSA) is 96.2 Å². The van der Waals surface area contributed by atoms with Gasteiger partial charge >= 0.3 is 0 Å². The Morgan fingerprint density at radius 1 is 1.56 bits per heavy atom. The van der Waals surface area contributed by atoms with Crippen molar-refractivity contribution in [1.29, 1.82) is 5.26 Å². The molecule has 6 nitrogen and oxygen atoms in total. The van der Waals surface area contributed by atoms with Crippen LogP contribution in [0.4, 0.5) is 17.1 Å². The van der Waals surface area contributed by atoms with E-state index in [9.17, 15) is 10.1 Å². The van der Waals surface area contributed by atoms with Gasteiger partial charge in [-0.1, -0.05) is 0 Å². The summed E-state index contributed by atoms with van der Waals surface area (Å²) in [5.74, 6) is -0.148. The Morgan fingerprint density at radius 2 is 2.22 bits per heavy atom. The number of hydrogen-bond acceptors (Lipinski definition) is 5. The highest BCUT2D eigenvalue weighted by Gasteiger charge is 2.14. The summed E-state index contributed by atoms with van der Waals surface area (Å²) in [6.07, 6.45) is 0. The maximum absolute atomic E-state index is 10.8. The van der Waals surface area contributed by atoms with Crippen LogP contribution in [0.25, 0.3) is 0 Å². The van der Waals surface area contributed by atoms with Crippen LogP contribution in [0.2, 0.25) is 0 Å². The predicted octanol–water partition coefficient (Wildman–Crippen LogP) is 2.16. The number of nitrogen functional groups attached to an aromatic ring is 1. The fraction of sp³-hybridized carbons (Fsp3) is 0.417. The molecule has 1 aromatic rings. The third kappa shape index (κ3) is 3.35. The number of nitriles is 1. The van der Waals surface area contributed by atoms with Crippen LogP contribution in [0.1, 0.15) is 13.8 Å². The third-order valence-corrected chi connectivity index (χ3v) is 2.60. The van der Waals surface area contributed by atoms with E-state index in [-0.39, 0.29) is 11.6 Å². The summed E-state index contributed by atoms with van der Waals surface area (Å²) in [5, 5.41) is 19.6. The van der Waals surface area contributed by atoms with Gasteiger partial charge in [-0.2, -0.15) is 5.26 Å². The van der Waals surface area contributed by atoms with Gasteiger partial charge in [0.1, 0.15) is 0 Å². The van der Waals surface area contributed by atoms with Crippen molar-refractivity contribution in [2.24, 2.45) is 5.92 Å². The molecule has 0 spiro atoms. The largest absolute Gasteiger partial charge is 0.398 e. The quantitative estimate of drug-likeness (QED) is 0.489. The minimum atomic E-state index is -0.471. The first kappa shape index (κ1) is 13.8. The number of benzene rings is 1. The van der Waals surface area contributed by atoms with Crippen molar-refractivity contribution in [3.63, 3.8) is 0 Å². The number of nitro groups is 1. The number of anilines is 2. The third-order valence-electron chi connectivity index (χ3n) is 2.60. The molecule has 0 aliphatic rings. The fourth-order valence-electron chi connectivity index (χ4n) is 1.69. The molecule has 18 heavy (non-hydrogen) atoms. The van der Waals surface area contributed by atoms with Crippen molar-refractivity contribution >= 4 is 17.1 Å². The number of non-ortho nitro benzene ring substituents is 1. The van der Waals surface area contributed by atoms with E-state index in [0.29, 0.717) is 24.5 Å². The van der Waals surface area contributed by atoms with Gasteiger partial charge in [-0.05, 0) is 19.9 Å². The van der Waals surface area contributed by atoms with Crippen LogP contribution in [0.5, 0.6) is 0 Å². The van der Waals surface area contributed by atoms with Gasteiger partial charge in [-0.3, -0.25) is 10.1 Å². The van der Waals surface area contributed by atoms with E-state index in [1.807, 2.05) is 18.7 Å². The molecular weight excluding hydrogens is 232 g/mol. The molecule has 0 radical (unpaired) electrons. The number of hydrogen-bond donors (Lipinski definition) is 1. The Morgan fingerprint density at radius 3 is 2.72 bits per heavy atom. The average molecular weight is 248 g/mol. The Labute approximate surface area is 106 Å². The highest BCUT2D eigenvalue weighted by atomic mass is 16.6. The fourth-order valence-corrected chi connectivity index (χ4v) is 1.69. The molecule has 96 valence electrons. The maximum atomic E-state index is 10.8. The highest BCUT2D eigenvalue weighted by molar-refractivity contribution is 5.62. The van der Waals surface area contributed by atoms with E-state index in [1.165, 1.54) is 12.1 Å². The molecule has 2 N–H and O–H groups in total. The molecule has 0 saturated carbocycles. The Bertz CT molecular complexity index is 481. The highest BCUT2D eigenvalue weighted by Crippen LogP contribution is 2.25. The SMILES string of the molecule is CCN(CC(C)C#N)c1cc(N)cc([N+](=O)[O-])c1. The van der Waals surface area contributed by atoms with Gasteiger partial charge in [0.05, 0.1) is 16.9 Å². The van der Waals surface area contributed by atoms with E-state index in [0.717, 1.165) is 0 Å². The molecule has 1 unspecified atom stereocenters. The summed E-state index contributed by atoms with van der Waals surface area (Å²) < 4.78 is 0. The molecule has 0 fully saturated rings. The van der Waals surface area contributed by atoms with Crippen LogP contribution in [0, 0.1) is 27.4 Å². The maximum Gasteiger partial charge on any atom is 0.273 e. The molecule has 0 aromatic heterocycles. The lowest BCUT2D eigenvalue weighted by molar-refractivity contribution is -0.384. The van der Waals surface area contributed by atoms with Crippen LogP contribution in [0.15, 0.2) is 18.2 Å². The van der Waals surface area contributed by atoms with E-state index >= 15 is 0 Å². The van der Waals surface area contributed by atoms with Crippen LogP contribution in [-0.2, 0) is 0 Å². The second-order valence-electron chi connectivity index (χ2n) is 4.11. The lowest BCUT2D eigenvalue weighted by atomic mass is 10.1. The molecular formula is C12H16N4O2. The molecule has 6 heteroatoms. The Hall–Kier alpha value is -2.29. The summed E-state index contributed by atoms with van der Waals surface area (Å²) in [6, 6.07) is 6.63. The van der Waals surface area contributed by atoms with Crippen molar-refractivity contribution in [3.05, 3.63) is 28.3 Å². The van der Waals surface area contributed by atoms with E-state index < -0.39 is 4.92 Å². The first-order valence-corrected chi connectivity index (χ1v) is 5.67. The molecule has 1 atom stereocenters. The molecule has 1 rings (SSSR count). The smallest absolute Gasteiger partial charge is 0.273 e. The van der Waals surface area contributed by atoms with Gasteiger partial charge in [0.15, 0.2) is 0 Å². The minimum Gasteiger partial charge on any atom is -0.398 e. The lowest BCUT2D eigenvalue weighted by Crippen LogP contribution is -2.27. The zero-order valence-electron chi connectivity index (χ0n) is 10.5. The van der Waals surface area contributed by atoms with Gasteiger partial charge in [-0.15, -0.1) is 0 Å². The average Bonchev–Trinajstić information content (AvgIpc) is 2.34. The lowest BCUT2D eigenvalue weighted by Gasteiger charge is -2.24. The monoisotopic (exact) mass is 248 g/mol. The normalized spacial score (nSPS) is 11.6. The van der Waals surface area contributed by atoms with Gasteiger partial charge in [0, 0.05) is 36.6 Å². The number of rotatable bonds is 5. The second-order valence-corrected chi connectivity index (χ2v) is 4.11. The zero-order valence-corrected chi connectivity index (χ0v) is 10.5. The molecule has 0 aliphatic carbocycles. The molecule has 0 amide bonds. The van der Waals surface area contributed by atoms with Crippen molar-refractivity contribution in [2.45, 2.75) is 13.8 Å². The number of nitrogens with two attached hydrogens (primary N) is 1. The number of nitrogens with zero attached hydrogens (tertiary/aromatic N) is 3. The molecule has 0 saturated heterocycles. The standard InChI is InChI=1S/C12H16N4O2/c1-3-15(8-9(2)7-13)11-4-10(14)5-12(6-11)16(17)18/h4-6,9H,3,8,14H2,1-2H3. The summed E-state index contributed by atoms with van der Waals surface area (Å²) in [5.41, 5.74) is 6.64. The summed E-state index contributed by atoms with van der Waals surface area (Å²) in [4.78, 5) is 12.2. The minimum absolute atomic E-state index is 0.0342. The zero-order chi connectivity index (χ0) is 13.7. The first-order chi connectivity index (χ1) is 8.47. The Balaban J connectivity index is 3.06. The molecule has 0 bridgehead atoms. The number of nitro benzene ring substituents is 1. The van der Waals surface area contributed by atoms with Gasteiger partial charge in [0.2, 0.25) is 0 Å². The summed E-state index contributed by atoms with van der Waals surface area (Å²) in [6.45, 7) is 4.92. The second kappa shape index (κ2) is 5.87. The van der Waals surface area contributed by atoms with Crippen LogP contribution < -0.4 is 10.6 Å². The van der Waals surface area contributed by atoms with Crippen molar-refractivity contribution in [2.75, 3.05) is 23.7 Å². The van der Waals surface area contributed by atoms with Crippen LogP contribution >= 0.6 is 0 Å². The first-order valence-electron chi connectivity index (χ1n) is 5.67. The summed E-state index contributed by atoms with van der Waals surface area (Å²) in [7, 11) is 0. The Kier molecular flexibility index (Phi) is 4.49. The van der Waals surface area contributed by atoms with Crippen molar-refractivity contribution < 1.29 is 4.92 Å². The van der Waals surface area contributed by atoms with E-state index in [2.05, 4.69) is 6.07 Å². The van der Waals surface area contributed by atoms with Gasteiger partial charge in [-0.25, -0.2) is 0 Å². The summed E-state index contributed by atoms with van der Waals surface area (Å²) >= 11 is 0. The van der Waals surface area contributed by atoms with Crippen molar-refractivity contribution in [1.82, 2.24) is 0 Å².